The highest BCUT2D eigenvalue weighted by Gasteiger charge is 2.14. The quantitative estimate of drug-likeness (QED) is 0.493. The van der Waals surface area contributed by atoms with Crippen molar-refractivity contribution < 1.29 is 4.79 Å². The molecule has 4 aromatic rings. The van der Waals surface area contributed by atoms with Gasteiger partial charge in [-0.1, -0.05) is 48.5 Å². The Morgan fingerprint density at radius 1 is 0.864 bits per heavy atom. The predicted molar refractivity (Wildman–Crippen MR) is 90.4 cm³/mol. The van der Waals surface area contributed by atoms with Gasteiger partial charge < -0.3 is 0 Å². The second-order valence-electron chi connectivity index (χ2n) is 5.58. The third-order valence-electron chi connectivity index (χ3n) is 4.09. The Balaban J connectivity index is 1.94. The van der Waals surface area contributed by atoms with Gasteiger partial charge in [0.1, 0.15) is 0 Å². The lowest BCUT2D eigenvalue weighted by Crippen LogP contribution is -2.11. The van der Waals surface area contributed by atoms with E-state index in [2.05, 4.69) is 18.2 Å². The topological polar surface area (TPSA) is 22.0 Å². The second-order valence-corrected chi connectivity index (χ2v) is 5.58. The van der Waals surface area contributed by atoms with E-state index in [1.165, 1.54) is 0 Å². The molecule has 2 nitrogen and oxygen atoms in total. The van der Waals surface area contributed by atoms with Crippen LogP contribution in [0.5, 0.6) is 0 Å². The Bertz CT molecular complexity index is 1010. The minimum Gasteiger partial charge on any atom is -0.283 e. The molecule has 0 saturated carbocycles. The van der Waals surface area contributed by atoms with Gasteiger partial charge in [0.05, 0.1) is 5.52 Å². The van der Waals surface area contributed by atoms with E-state index in [4.69, 9.17) is 0 Å². The molecule has 0 aliphatic heterocycles. The van der Waals surface area contributed by atoms with Gasteiger partial charge in [0.15, 0.2) is 0 Å². The molecule has 0 aliphatic carbocycles. The molecule has 1 heterocycles. The van der Waals surface area contributed by atoms with Gasteiger partial charge in [0.2, 0.25) is 0 Å². The van der Waals surface area contributed by atoms with E-state index in [9.17, 15) is 4.79 Å². The highest BCUT2D eigenvalue weighted by atomic mass is 16.2. The molecule has 0 radical (unpaired) electrons. The van der Waals surface area contributed by atoms with Gasteiger partial charge in [0, 0.05) is 17.1 Å². The molecular weight excluding hydrogens is 270 g/mol. The fraction of sp³-hybridized carbons (Fsp3) is 0.0500. The number of benzene rings is 3. The Morgan fingerprint density at radius 2 is 1.68 bits per heavy atom. The molecular formula is C20H15NO. The minimum absolute atomic E-state index is 0.0115. The Morgan fingerprint density at radius 3 is 2.59 bits per heavy atom. The average Bonchev–Trinajstić information content (AvgIpc) is 2.96. The summed E-state index contributed by atoms with van der Waals surface area (Å²) < 4.78 is 1.74. The fourth-order valence-corrected chi connectivity index (χ4v) is 2.96. The lowest BCUT2D eigenvalue weighted by molar-refractivity contribution is 0.0966. The van der Waals surface area contributed by atoms with Crippen molar-refractivity contribution in [2.75, 3.05) is 0 Å². The normalized spacial score (nSPS) is 11.1. The average molecular weight is 285 g/mol. The van der Waals surface area contributed by atoms with Gasteiger partial charge in [-0.2, -0.15) is 0 Å². The summed E-state index contributed by atoms with van der Waals surface area (Å²) in [6.45, 7) is 2.04. The smallest absolute Gasteiger partial charge is 0.262 e. The number of fused-ring (bicyclic) bond motifs is 2. The first-order chi connectivity index (χ1) is 10.7. The summed E-state index contributed by atoms with van der Waals surface area (Å²) in [5.41, 5.74) is 2.84. The van der Waals surface area contributed by atoms with Crippen LogP contribution in [0.4, 0.5) is 0 Å². The predicted octanol–water partition coefficient (Wildman–Crippen LogP) is 4.79. The standard InChI is InChI=1S/C20H15NO/c1-14-9-10-16-11-12-21(19(16)13-14)20(22)18-8-4-6-15-5-2-3-7-17(15)18/h2-13H,1H3. The molecule has 2 heteroatoms. The highest BCUT2D eigenvalue weighted by Crippen LogP contribution is 2.23. The maximum atomic E-state index is 13.0. The van der Waals surface area contributed by atoms with Crippen molar-refractivity contribution in [1.82, 2.24) is 4.57 Å². The number of aryl methyl sites for hydroxylation is 1. The lowest BCUT2D eigenvalue weighted by atomic mass is 10.0. The first kappa shape index (κ1) is 12.8. The van der Waals surface area contributed by atoms with Crippen molar-refractivity contribution in [2.24, 2.45) is 0 Å². The number of carbonyl (C=O) groups is 1. The lowest BCUT2D eigenvalue weighted by Gasteiger charge is -2.08. The van der Waals surface area contributed by atoms with Crippen LogP contribution in [0.1, 0.15) is 15.9 Å². The third kappa shape index (κ3) is 1.92. The van der Waals surface area contributed by atoms with E-state index in [0.717, 1.165) is 32.8 Å². The third-order valence-corrected chi connectivity index (χ3v) is 4.09. The number of hydrogen-bond acceptors (Lipinski definition) is 1. The van der Waals surface area contributed by atoms with Gasteiger partial charge in [-0.15, -0.1) is 0 Å². The molecule has 3 aromatic carbocycles. The van der Waals surface area contributed by atoms with Crippen molar-refractivity contribution in [3.8, 4) is 0 Å². The molecule has 0 saturated heterocycles. The molecule has 22 heavy (non-hydrogen) atoms. The van der Waals surface area contributed by atoms with Gasteiger partial charge >= 0.3 is 0 Å². The van der Waals surface area contributed by atoms with Gasteiger partial charge in [-0.3, -0.25) is 9.36 Å². The van der Waals surface area contributed by atoms with Crippen LogP contribution in [0.3, 0.4) is 0 Å². The number of carbonyl (C=O) groups excluding carboxylic acids is 1. The van der Waals surface area contributed by atoms with Crippen molar-refractivity contribution in [3.05, 3.63) is 84.1 Å². The largest absolute Gasteiger partial charge is 0.283 e. The SMILES string of the molecule is Cc1ccc2ccn(C(=O)c3cccc4ccccc34)c2c1. The van der Waals surface area contributed by atoms with E-state index in [-0.39, 0.29) is 5.91 Å². The van der Waals surface area contributed by atoms with Crippen molar-refractivity contribution >= 4 is 27.6 Å². The first-order valence-electron chi connectivity index (χ1n) is 7.34. The van der Waals surface area contributed by atoms with E-state index in [1.807, 2.05) is 61.7 Å². The van der Waals surface area contributed by atoms with Crippen LogP contribution in [0.2, 0.25) is 0 Å². The van der Waals surface area contributed by atoms with Crippen LogP contribution < -0.4 is 0 Å². The maximum Gasteiger partial charge on any atom is 0.262 e. The monoisotopic (exact) mass is 285 g/mol. The molecule has 0 bridgehead atoms. The molecule has 0 fully saturated rings. The summed E-state index contributed by atoms with van der Waals surface area (Å²) in [6.07, 6.45) is 1.86. The zero-order valence-electron chi connectivity index (χ0n) is 12.3. The van der Waals surface area contributed by atoms with Crippen LogP contribution in [0.25, 0.3) is 21.7 Å². The van der Waals surface area contributed by atoms with E-state index in [1.54, 1.807) is 4.57 Å². The zero-order chi connectivity index (χ0) is 15.1. The van der Waals surface area contributed by atoms with Crippen molar-refractivity contribution in [2.45, 2.75) is 6.92 Å². The van der Waals surface area contributed by atoms with E-state index in [0.29, 0.717) is 0 Å². The van der Waals surface area contributed by atoms with E-state index >= 15 is 0 Å². The number of rotatable bonds is 1. The molecule has 0 spiro atoms. The summed E-state index contributed by atoms with van der Waals surface area (Å²) in [4.78, 5) is 13.0. The Labute approximate surface area is 128 Å². The summed E-state index contributed by atoms with van der Waals surface area (Å²) >= 11 is 0. The van der Waals surface area contributed by atoms with Gasteiger partial charge in [0.25, 0.3) is 5.91 Å². The summed E-state index contributed by atoms with van der Waals surface area (Å²) in [6, 6.07) is 22.0. The Kier molecular flexibility index (Phi) is 2.83. The van der Waals surface area contributed by atoms with Crippen LogP contribution >= 0.6 is 0 Å². The van der Waals surface area contributed by atoms with Crippen LogP contribution in [-0.2, 0) is 0 Å². The van der Waals surface area contributed by atoms with E-state index < -0.39 is 0 Å². The van der Waals surface area contributed by atoms with Crippen LogP contribution in [0.15, 0.2) is 72.9 Å². The van der Waals surface area contributed by atoms with Gasteiger partial charge in [-0.05, 0) is 41.5 Å². The van der Waals surface area contributed by atoms with Crippen LogP contribution in [0, 0.1) is 6.92 Å². The van der Waals surface area contributed by atoms with Crippen molar-refractivity contribution in [1.29, 1.82) is 0 Å². The number of nitrogens with zero attached hydrogens (tertiary/aromatic N) is 1. The second kappa shape index (κ2) is 4.85. The van der Waals surface area contributed by atoms with Gasteiger partial charge in [-0.25, -0.2) is 0 Å². The molecule has 0 N–H and O–H groups in total. The van der Waals surface area contributed by atoms with Crippen LogP contribution in [-0.4, -0.2) is 10.5 Å². The molecule has 1 aromatic heterocycles. The molecule has 0 aliphatic rings. The minimum atomic E-state index is 0.0115. The Hall–Kier alpha value is -2.87. The summed E-state index contributed by atoms with van der Waals surface area (Å²) in [7, 11) is 0. The number of hydrogen-bond donors (Lipinski definition) is 0. The van der Waals surface area contributed by atoms with Crippen molar-refractivity contribution in [3.63, 3.8) is 0 Å². The molecule has 0 atom stereocenters. The molecule has 106 valence electrons. The molecule has 4 rings (SSSR count). The number of aromatic nitrogens is 1. The fourth-order valence-electron chi connectivity index (χ4n) is 2.96. The first-order valence-corrected chi connectivity index (χ1v) is 7.34. The highest BCUT2D eigenvalue weighted by molar-refractivity contribution is 6.10. The summed E-state index contributed by atoms with van der Waals surface area (Å²) in [5, 5.41) is 3.16. The maximum absolute atomic E-state index is 13.0. The molecule has 0 amide bonds. The zero-order valence-corrected chi connectivity index (χ0v) is 12.3. The summed E-state index contributed by atoms with van der Waals surface area (Å²) in [5.74, 6) is 0.0115. The molecule has 0 unspecified atom stereocenters.